The third-order valence-electron chi connectivity index (χ3n) is 1.66. The van der Waals surface area contributed by atoms with Crippen LogP contribution in [-0.4, -0.2) is 14.2 Å². The monoisotopic (exact) mass is 212 g/mol. The highest BCUT2D eigenvalue weighted by Crippen LogP contribution is 2.02. The number of nitrogens with zero attached hydrogens (tertiary/aromatic N) is 2. The van der Waals surface area contributed by atoms with Crippen LogP contribution in [0.1, 0.15) is 5.56 Å². The van der Waals surface area contributed by atoms with E-state index < -0.39 is 10.0 Å². The Bertz CT molecular complexity index is 435. The second-order valence-electron chi connectivity index (χ2n) is 2.70. The quantitative estimate of drug-likeness (QED) is 0.598. The van der Waals surface area contributed by atoms with Crippen LogP contribution >= 0.6 is 0 Å². The molecular weight excluding hydrogens is 202 g/mol. The van der Waals surface area contributed by atoms with Gasteiger partial charge < -0.3 is 0 Å². The number of hydrogen-bond acceptors (Lipinski definition) is 3. The van der Waals surface area contributed by atoms with E-state index >= 15 is 0 Å². The molecule has 1 N–H and O–H groups in total. The zero-order chi connectivity index (χ0) is 10.4. The Kier molecular flexibility index (Phi) is 3.50. The van der Waals surface area contributed by atoms with Gasteiger partial charge in [0.25, 0.3) is 4.52 Å². The van der Waals surface area contributed by atoms with E-state index in [4.69, 9.17) is 5.53 Å². The molecule has 1 aromatic rings. The third kappa shape index (κ3) is 3.47. The van der Waals surface area contributed by atoms with Gasteiger partial charge in [-0.3, -0.25) is 0 Å². The molecule has 0 aromatic heterocycles. The Balaban J connectivity index is 2.62. The van der Waals surface area contributed by atoms with E-state index in [1.807, 2.05) is 30.3 Å². The SMILES string of the molecule is N=[N+]=NS(=O)(=O)CCc1ccccc1. The molecule has 0 saturated heterocycles. The fourth-order valence-corrected chi connectivity index (χ4v) is 1.69. The van der Waals surface area contributed by atoms with Crippen LogP contribution in [0.15, 0.2) is 34.9 Å². The molecule has 0 spiro atoms. The minimum atomic E-state index is -3.56. The first kappa shape index (κ1) is 10.6. The van der Waals surface area contributed by atoms with Crippen LogP contribution < -0.4 is 4.91 Å². The first-order valence-electron chi connectivity index (χ1n) is 3.99. The second kappa shape index (κ2) is 4.64. The van der Waals surface area contributed by atoms with Gasteiger partial charge in [0.05, 0.1) is 5.75 Å². The highest BCUT2D eigenvalue weighted by molar-refractivity contribution is 7.89. The van der Waals surface area contributed by atoms with Gasteiger partial charge in [-0.15, -0.1) is 0 Å². The van der Waals surface area contributed by atoms with Gasteiger partial charge in [-0.1, -0.05) is 30.3 Å². The molecule has 5 nitrogen and oxygen atoms in total. The number of hydrogen-bond donors (Lipinski definition) is 1. The Morgan fingerprint density at radius 3 is 2.50 bits per heavy atom. The molecule has 0 saturated carbocycles. The Morgan fingerprint density at radius 2 is 1.93 bits per heavy atom. The van der Waals surface area contributed by atoms with Gasteiger partial charge in [-0.2, -0.15) is 8.42 Å². The summed E-state index contributed by atoms with van der Waals surface area (Å²) in [6, 6.07) is 9.23. The van der Waals surface area contributed by atoms with Crippen LogP contribution in [0.4, 0.5) is 0 Å². The van der Waals surface area contributed by atoms with Crippen molar-refractivity contribution in [2.45, 2.75) is 6.42 Å². The van der Waals surface area contributed by atoms with Crippen molar-refractivity contribution in [2.75, 3.05) is 5.75 Å². The average molecular weight is 212 g/mol. The lowest BCUT2D eigenvalue weighted by Gasteiger charge is -1.95. The molecule has 1 aromatic carbocycles. The smallest absolute Gasteiger partial charge is 0.198 e. The van der Waals surface area contributed by atoms with Crippen molar-refractivity contribution in [1.29, 1.82) is 5.53 Å². The number of sulfonamides is 1. The van der Waals surface area contributed by atoms with Crippen LogP contribution in [0.5, 0.6) is 0 Å². The van der Waals surface area contributed by atoms with Gasteiger partial charge in [0.2, 0.25) is 4.91 Å². The topological polar surface area (TPSA) is 84.4 Å². The summed E-state index contributed by atoms with van der Waals surface area (Å²) in [7, 11) is -3.56. The van der Waals surface area contributed by atoms with Crippen molar-refractivity contribution in [2.24, 2.45) is 4.52 Å². The molecule has 0 bridgehead atoms. The Labute approximate surface area is 82.1 Å². The van der Waals surface area contributed by atoms with Crippen molar-refractivity contribution >= 4 is 10.0 Å². The van der Waals surface area contributed by atoms with E-state index in [0.717, 1.165) is 5.56 Å². The fourth-order valence-electron chi connectivity index (χ4n) is 0.995. The number of rotatable bonds is 4. The van der Waals surface area contributed by atoms with Gasteiger partial charge in [0.15, 0.2) is 0 Å². The first-order chi connectivity index (χ1) is 6.64. The minimum Gasteiger partial charge on any atom is -0.198 e. The summed E-state index contributed by atoms with van der Waals surface area (Å²) in [5, 5.41) is 0. The van der Waals surface area contributed by atoms with Gasteiger partial charge in [-0.05, 0) is 12.0 Å². The molecule has 0 aliphatic carbocycles. The molecule has 1 rings (SSSR count). The van der Waals surface area contributed by atoms with Crippen molar-refractivity contribution in [3.8, 4) is 0 Å². The van der Waals surface area contributed by atoms with Crippen molar-refractivity contribution in [3.63, 3.8) is 0 Å². The predicted octanol–water partition coefficient (Wildman–Crippen LogP) is 1.11. The second-order valence-corrected chi connectivity index (χ2v) is 4.44. The zero-order valence-corrected chi connectivity index (χ0v) is 8.24. The van der Waals surface area contributed by atoms with Gasteiger partial charge in [-0.25, -0.2) is 0 Å². The molecule has 0 aliphatic heterocycles. The highest BCUT2D eigenvalue weighted by Gasteiger charge is 2.14. The summed E-state index contributed by atoms with van der Waals surface area (Å²) in [4.78, 5) is 2.51. The molecular formula is C8H10N3O2S+. The maximum atomic E-state index is 11.0. The average Bonchev–Trinajstić information content (AvgIpc) is 2.17. The normalized spacial score (nSPS) is 10.6. The lowest BCUT2D eigenvalue weighted by molar-refractivity contribution is 0.593. The van der Waals surface area contributed by atoms with Crippen molar-refractivity contribution in [1.82, 2.24) is 4.91 Å². The maximum absolute atomic E-state index is 11.0. The van der Waals surface area contributed by atoms with E-state index in [-0.39, 0.29) is 5.75 Å². The molecule has 0 fully saturated rings. The number of nitrogens with one attached hydrogen (secondary N) is 1. The minimum absolute atomic E-state index is 0.112. The predicted molar refractivity (Wildman–Crippen MR) is 51.2 cm³/mol. The maximum Gasteiger partial charge on any atom is 0.327 e. The zero-order valence-electron chi connectivity index (χ0n) is 7.42. The Hall–Kier alpha value is -1.52. The summed E-state index contributed by atoms with van der Waals surface area (Å²) in [6.07, 6.45) is 0.391. The van der Waals surface area contributed by atoms with Crippen LogP contribution in [0.25, 0.3) is 0 Å². The standard InChI is InChI=1S/C8H10N3O2S/c9-10-11-14(12,13)7-6-8-4-2-1-3-5-8/h1-5,9H,6-7H2/q+1. The fraction of sp³-hybridized carbons (Fsp3) is 0.250. The Morgan fingerprint density at radius 1 is 1.29 bits per heavy atom. The molecule has 6 heteroatoms. The van der Waals surface area contributed by atoms with Crippen molar-refractivity contribution in [3.05, 3.63) is 35.9 Å². The van der Waals surface area contributed by atoms with E-state index in [1.54, 1.807) is 0 Å². The molecule has 74 valence electrons. The highest BCUT2D eigenvalue weighted by atomic mass is 32.2. The largest absolute Gasteiger partial charge is 0.327 e. The van der Waals surface area contributed by atoms with Crippen molar-refractivity contribution < 1.29 is 8.42 Å². The van der Waals surface area contributed by atoms with E-state index in [0.29, 0.717) is 6.42 Å². The van der Waals surface area contributed by atoms with Crippen LogP contribution in [0.3, 0.4) is 0 Å². The summed E-state index contributed by atoms with van der Waals surface area (Å²) >= 11 is 0. The number of benzene rings is 1. The van der Waals surface area contributed by atoms with E-state index in [9.17, 15) is 8.42 Å². The van der Waals surface area contributed by atoms with Gasteiger partial charge >= 0.3 is 10.0 Å². The van der Waals surface area contributed by atoms with Gasteiger partial charge in [0, 0.05) is 0 Å². The number of aryl methyl sites for hydroxylation is 1. The third-order valence-corrected chi connectivity index (χ3v) is 2.71. The summed E-state index contributed by atoms with van der Waals surface area (Å²) in [5.41, 5.74) is 7.25. The summed E-state index contributed by atoms with van der Waals surface area (Å²) in [5.74, 6) is -0.112. The van der Waals surface area contributed by atoms with E-state index in [2.05, 4.69) is 9.43 Å². The lowest BCUT2D eigenvalue weighted by atomic mass is 10.2. The first-order valence-corrected chi connectivity index (χ1v) is 5.60. The molecule has 0 aliphatic rings. The van der Waals surface area contributed by atoms with Crippen LogP contribution in [0, 0.1) is 5.53 Å². The van der Waals surface area contributed by atoms with Crippen LogP contribution in [-0.2, 0) is 16.4 Å². The van der Waals surface area contributed by atoms with E-state index in [1.165, 1.54) is 0 Å². The van der Waals surface area contributed by atoms with Crippen LogP contribution in [0.2, 0.25) is 0 Å². The molecule has 0 unspecified atom stereocenters. The summed E-state index contributed by atoms with van der Waals surface area (Å²) < 4.78 is 24.9. The molecule has 0 amide bonds. The molecule has 14 heavy (non-hydrogen) atoms. The molecule has 0 heterocycles. The van der Waals surface area contributed by atoms with Gasteiger partial charge in [0.1, 0.15) is 5.53 Å². The molecule has 0 atom stereocenters. The molecule has 0 radical (unpaired) electrons. The summed E-state index contributed by atoms with van der Waals surface area (Å²) in [6.45, 7) is 0. The lowest BCUT2D eigenvalue weighted by Crippen LogP contribution is -2.05.